The first-order valence-corrected chi connectivity index (χ1v) is 10.3. The van der Waals surface area contributed by atoms with E-state index in [1.807, 2.05) is 24.1 Å². The number of guanidine groups is 1. The number of anilines is 1. The van der Waals surface area contributed by atoms with Gasteiger partial charge >= 0.3 is 0 Å². The van der Waals surface area contributed by atoms with Gasteiger partial charge in [0.2, 0.25) is 5.91 Å². The molecule has 0 spiro atoms. The van der Waals surface area contributed by atoms with Crippen LogP contribution >= 0.6 is 24.0 Å². The van der Waals surface area contributed by atoms with E-state index in [4.69, 9.17) is 0 Å². The van der Waals surface area contributed by atoms with E-state index in [0.29, 0.717) is 12.5 Å². The van der Waals surface area contributed by atoms with Gasteiger partial charge in [-0.3, -0.25) is 9.79 Å². The first-order valence-electron chi connectivity index (χ1n) is 10.3. The van der Waals surface area contributed by atoms with Crippen LogP contribution in [-0.4, -0.2) is 56.0 Å². The molecule has 7 heteroatoms. The average Bonchev–Trinajstić information content (AvgIpc) is 3.13. The van der Waals surface area contributed by atoms with E-state index in [1.54, 1.807) is 0 Å². The van der Waals surface area contributed by atoms with Crippen molar-refractivity contribution in [3.05, 3.63) is 29.8 Å². The van der Waals surface area contributed by atoms with Crippen LogP contribution in [0.4, 0.5) is 5.69 Å². The molecule has 2 saturated heterocycles. The van der Waals surface area contributed by atoms with Crippen molar-refractivity contribution < 1.29 is 4.79 Å². The summed E-state index contributed by atoms with van der Waals surface area (Å²) in [6.45, 7) is 7.34. The van der Waals surface area contributed by atoms with Crippen LogP contribution in [0.25, 0.3) is 0 Å². The molecule has 0 aliphatic carbocycles. The van der Waals surface area contributed by atoms with Crippen LogP contribution in [0.2, 0.25) is 0 Å². The van der Waals surface area contributed by atoms with Gasteiger partial charge in [-0.05, 0) is 49.9 Å². The minimum absolute atomic E-state index is 0. The standard InChI is InChI=1S/C21H33N5O.HI/c1-3-12-25-14-10-18(11-15-25)24-21(22-2)23-16-17-6-8-19(9-7-17)26-13-4-5-20(26)27;/h6-9,18H,3-5,10-16H2,1-2H3,(H2,22,23,24);1H. The molecule has 0 atom stereocenters. The molecule has 1 aromatic carbocycles. The lowest BCUT2D eigenvalue weighted by Crippen LogP contribution is -2.48. The van der Waals surface area contributed by atoms with Crippen molar-refractivity contribution in [1.82, 2.24) is 15.5 Å². The van der Waals surface area contributed by atoms with Crippen LogP contribution in [0.3, 0.4) is 0 Å². The van der Waals surface area contributed by atoms with Crippen molar-refractivity contribution in [2.24, 2.45) is 4.99 Å². The molecular formula is C21H34IN5O. The number of rotatable bonds is 6. The molecule has 1 aromatic rings. The number of piperidine rings is 1. The predicted molar refractivity (Wildman–Crippen MR) is 127 cm³/mol. The van der Waals surface area contributed by atoms with Crippen molar-refractivity contribution >= 4 is 41.5 Å². The number of aliphatic imine (C=N–C) groups is 1. The zero-order chi connectivity index (χ0) is 19.1. The molecule has 0 radical (unpaired) electrons. The van der Waals surface area contributed by atoms with Crippen molar-refractivity contribution in [2.45, 2.75) is 51.6 Å². The Morgan fingerprint density at radius 2 is 1.89 bits per heavy atom. The van der Waals surface area contributed by atoms with E-state index in [0.717, 1.165) is 31.2 Å². The van der Waals surface area contributed by atoms with Gasteiger partial charge in [-0.2, -0.15) is 0 Å². The summed E-state index contributed by atoms with van der Waals surface area (Å²) in [5, 5.41) is 6.97. The lowest BCUT2D eigenvalue weighted by molar-refractivity contribution is -0.117. The van der Waals surface area contributed by atoms with E-state index >= 15 is 0 Å². The van der Waals surface area contributed by atoms with Crippen LogP contribution in [0.15, 0.2) is 29.3 Å². The predicted octanol–water partition coefficient (Wildman–Crippen LogP) is 2.97. The van der Waals surface area contributed by atoms with Crippen LogP contribution in [0.5, 0.6) is 0 Å². The molecule has 0 aromatic heterocycles. The summed E-state index contributed by atoms with van der Waals surface area (Å²) in [4.78, 5) is 20.6. The molecule has 0 bridgehead atoms. The maximum absolute atomic E-state index is 11.8. The highest BCUT2D eigenvalue weighted by Crippen LogP contribution is 2.21. The van der Waals surface area contributed by atoms with Gasteiger partial charge in [-0.1, -0.05) is 19.1 Å². The summed E-state index contributed by atoms with van der Waals surface area (Å²) in [5.74, 6) is 1.10. The Balaban J connectivity index is 0.00000280. The van der Waals surface area contributed by atoms with Crippen molar-refractivity contribution in [2.75, 3.05) is 38.1 Å². The summed E-state index contributed by atoms with van der Waals surface area (Å²) in [7, 11) is 1.82. The largest absolute Gasteiger partial charge is 0.354 e. The molecule has 28 heavy (non-hydrogen) atoms. The van der Waals surface area contributed by atoms with Gasteiger partial charge in [0.25, 0.3) is 0 Å². The third-order valence-corrected chi connectivity index (χ3v) is 5.47. The van der Waals surface area contributed by atoms with Gasteiger partial charge in [0.05, 0.1) is 0 Å². The third kappa shape index (κ3) is 6.34. The number of hydrogen-bond acceptors (Lipinski definition) is 3. The number of likely N-dealkylation sites (tertiary alicyclic amines) is 1. The summed E-state index contributed by atoms with van der Waals surface area (Å²) >= 11 is 0. The number of halogens is 1. The molecule has 0 unspecified atom stereocenters. The van der Waals surface area contributed by atoms with Gasteiger partial charge in [0, 0.05) is 51.4 Å². The van der Waals surface area contributed by atoms with Crippen molar-refractivity contribution in [3.63, 3.8) is 0 Å². The second-order valence-corrected chi connectivity index (χ2v) is 7.50. The van der Waals surface area contributed by atoms with E-state index in [9.17, 15) is 4.79 Å². The summed E-state index contributed by atoms with van der Waals surface area (Å²) in [6.07, 6.45) is 5.19. The van der Waals surface area contributed by atoms with Gasteiger partial charge in [0.1, 0.15) is 0 Å². The second-order valence-electron chi connectivity index (χ2n) is 7.50. The fourth-order valence-electron chi connectivity index (χ4n) is 3.91. The van der Waals surface area contributed by atoms with Gasteiger partial charge in [-0.25, -0.2) is 0 Å². The number of benzene rings is 1. The van der Waals surface area contributed by atoms with Crippen LogP contribution in [0.1, 0.15) is 44.6 Å². The fourth-order valence-corrected chi connectivity index (χ4v) is 3.91. The normalized spacial score (nSPS) is 18.9. The lowest BCUT2D eigenvalue weighted by atomic mass is 10.1. The first-order chi connectivity index (χ1) is 13.2. The monoisotopic (exact) mass is 499 g/mol. The lowest BCUT2D eigenvalue weighted by Gasteiger charge is -2.32. The molecule has 1 amide bonds. The third-order valence-electron chi connectivity index (χ3n) is 5.47. The van der Waals surface area contributed by atoms with E-state index in [1.165, 1.54) is 44.5 Å². The molecule has 2 aliphatic heterocycles. The number of nitrogens with zero attached hydrogens (tertiary/aromatic N) is 3. The Morgan fingerprint density at radius 1 is 1.18 bits per heavy atom. The van der Waals surface area contributed by atoms with Gasteiger partial charge in [0.15, 0.2) is 5.96 Å². The SMILES string of the molecule is CCCN1CCC(NC(=NC)NCc2ccc(N3CCCC3=O)cc2)CC1.I. The molecule has 156 valence electrons. The van der Waals surface area contributed by atoms with Crippen LogP contribution in [-0.2, 0) is 11.3 Å². The molecule has 0 saturated carbocycles. The number of carbonyl (C=O) groups is 1. The molecule has 2 fully saturated rings. The van der Waals surface area contributed by atoms with Crippen LogP contribution < -0.4 is 15.5 Å². The Morgan fingerprint density at radius 3 is 2.46 bits per heavy atom. The maximum atomic E-state index is 11.8. The highest BCUT2D eigenvalue weighted by Gasteiger charge is 2.21. The highest BCUT2D eigenvalue weighted by atomic mass is 127. The Bertz CT molecular complexity index is 641. The molecule has 3 rings (SSSR count). The number of amides is 1. The van der Waals surface area contributed by atoms with Gasteiger partial charge in [-0.15, -0.1) is 24.0 Å². The van der Waals surface area contributed by atoms with Gasteiger partial charge < -0.3 is 20.4 Å². The van der Waals surface area contributed by atoms with Crippen molar-refractivity contribution in [1.29, 1.82) is 0 Å². The minimum atomic E-state index is 0. The number of hydrogen-bond donors (Lipinski definition) is 2. The Labute approximate surface area is 186 Å². The van der Waals surface area contributed by atoms with E-state index in [2.05, 4.69) is 39.6 Å². The summed E-state index contributed by atoms with van der Waals surface area (Å²) < 4.78 is 0. The quantitative estimate of drug-likeness (QED) is 0.359. The Kier molecular flexibility index (Phi) is 9.50. The smallest absolute Gasteiger partial charge is 0.227 e. The minimum Gasteiger partial charge on any atom is -0.354 e. The maximum Gasteiger partial charge on any atom is 0.227 e. The molecule has 6 nitrogen and oxygen atoms in total. The second kappa shape index (κ2) is 11.6. The molecule has 2 N–H and O–H groups in total. The van der Waals surface area contributed by atoms with Crippen LogP contribution in [0, 0.1) is 0 Å². The zero-order valence-corrected chi connectivity index (χ0v) is 19.4. The topological polar surface area (TPSA) is 60.0 Å². The molecular weight excluding hydrogens is 465 g/mol. The van der Waals surface area contributed by atoms with E-state index < -0.39 is 0 Å². The fraction of sp³-hybridized carbons (Fsp3) is 0.619. The Hall–Kier alpha value is -1.35. The molecule has 2 aliphatic rings. The highest BCUT2D eigenvalue weighted by molar-refractivity contribution is 14.0. The zero-order valence-electron chi connectivity index (χ0n) is 17.1. The summed E-state index contributed by atoms with van der Waals surface area (Å²) in [6, 6.07) is 8.75. The first kappa shape index (κ1) is 22.9. The van der Waals surface area contributed by atoms with E-state index in [-0.39, 0.29) is 29.9 Å². The average molecular weight is 499 g/mol. The number of carbonyl (C=O) groups excluding carboxylic acids is 1. The number of nitrogens with one attached hydrogen (secondary N) is 2. The summed E-state index contributed by atoms with van der Waals surface area (Å²) in [5.41, 5.74) is 2.19. The molecule has 2 heterocycles. The van der Waals surface area contributed by atoms with Crippen molar-refractivity contribution in [3.8, 4) is 0 Å².